The molecule has 0 atom stereocenters. The molecule has 0 amide bonds. The summed E-state index contributed by atoms with van der Waals surface area (Å²) in [6, 6.07) is 7.76. The van der Waals surface area contributed by atoms with Crippen LogP contribution in [0.3, 0.4) is 0 Å². The predicted molar refractivity (Wildman–Crippen MR) is 107 cm³/mol. The molecule has 4 rings (SSSR count). The Kier molecular flexibility index (Phi) is 5.63. The molecule has 0 saturated heterocycles. The Balaban J connectivity index is 1.47. The Morgan fingerprint density at radius 1 is 1.04 bits per heavy atom. The second kappa shape index (κ2) is 8.48. The lowest BCUT2D eigenvalue weighted by atomic mass is 9.96. The number of aryl methyl sites for hydroxylation is 2. The van der Waals surface area contributed by atoms with E-state index >= 15 is 0 Å². The Bertz CT molecular complexity index is 893. The SMILES string of the molecule is Clc1cccc(-c2nc3c(c(NCCCCn4cnnc4)n2)CCCC3)c1. The van der Waals surface area contributed by atoms with Crippen LogP contribution in [0.5, 0.6) is 0 Å². The van der Waals surface area contributed by atoms with Crippen molar-refractivity contribution in [2.45, 2.75) is 45.1 Å². The molecule has 7 heteroatoms. The number of hydrogen-bond donors (Lipinski definition) is 1. The highest BCUT2D eigenvalue weighted by molar-refractivity contribution is 6.30. The van der Waals surface area contributed by atoms with Crippen molar-refractivity contribution < 1.29 is 0 Å². The molecule has 3 aromatic rings. The number of benzene rings is 1. The van der Waals surface area contributed by atoms with Gasteiger partial charge < -0.3 is 9.88 Å². The van der Waals surface area contributed by atoms with Crippen LogP contribution in [-0.2, 0) is 19.4 Å². The van der Waals surface area contributed by atoms with Gasteiger partial charge in [0.2, 0.25) is 0 Å². The highest BCUT2D eigenvalue weighted by Crippen LogP contribution is 2.29. The lowest BCUT2D eigenvalue weighted by Crippen LogP contribution is -2.14. The number of halogens is 1. The summed E-state index contributed by atoms with van der Waals surface area (Å²) in [7, 11) is 0. The van der Waals surface area contributed by atoms with Gasteiger partial charge in [-0.1, -0.05) is 23.7 Å². The molecule has 0 unspecified atom stereocenters. The normalized spacial score (nSPS) is 13.4. The summed E-state index contributed by atoms with van der Waals surface area (Å²) >= 11 is 6.16. The van der Waals surface area contributed by atoms with Crippen molar-refractivity contribution in [3.8, 4) is 11.4 Å². The molecular formula is C20H23ClN6. The molecule has 0 bridgehead atoms. The molecule has 0 spiro atoms. The van der Waals surface area contributed by atoms with E-state index < -0.39 is 0 Å². The van der Waals surface area contributed by atoms with Gasteiger partial charge in [0.15, 0.2) is 5.82 Å². The van der Waals surface area contributed by atoms with Crippen LogP contribution in [-0.4, -0.2) is 31.3 Å². The fourth-order valence-electron chi connectivity index (χ4n) is 3.46. The van der Waals surface area contributed by atoms with E-state index in [1.54, 1.807) is 12.7 Å². The first-order valence-electron chi connectivity index (χ1n) is 9.51. The van der Waals surface area contributed by atoms with E-state index in [2.05, 4.69) is 15.5 Å². The van der Waals surface area contributed by atoms with Gasteiger partial charge in [-0.25, -0.2) is 9.97 Å². The van der Waals surface area contributed by atoms with Gasteiger partial charge in [0.1, 0.15) is 18.5 Å². The molecule has 2 heterocycles. The first-order chi connectivity index (χ1) is 13.3. The summed E-state index contributed by atoms with van der Waals surface area (Å²) in [5.41, 5.74) is 3.43. The van der Waals surface area contributed by atoms with Crippen LogP contribution in [0, 0.1) is 0 Å². The van der Waals surface area contributed by atoms with E-state index in [-0.39, 0.29) is 0 Å². The monoisotopic (exact) mass is 382 g/mol. The van der Waals surface area contributed by atoms with Crippen LogP contribution in [0.2, 0.25) is 5.02 Å². The van der Waals surface area contributed by atoms with Crippen molar-refractivity contribution in [1.82, 2.24) is 24.7 Å². The van der Waals surface area contributed by atoms with Crippen LogP contribution in [0.15, 0.2) is 36.9 Å². The van der Waals surface area contributed by atoms with Crippen LogP contribution in [0.1, 0.15) is 36.9 Å². The minimum absolute atomic E-state index is 0.706. The van der Waals surface area contributed by atoms with E-state index in [4.69, 9.17) is 21.6 Å². The molecule has 27 heavy (non-hydrogen) atoms. The van der Waals surface area contributed by atoms with E-state index in [0.29, 0.717) is 5.02 Å². The third-order valence-corrected chi connectivity index (χ3v) is 5.10. The molecular weight excluding hydrogens is 360 g/mol. The number of anilines is 1. The maximum atomic E-state index is 6.16. The van der Waals surface area contributed by atoms with Crippen molar-refractivity contribution >= 4 is 17.4 Å². The number of hydrogen-bond acceptors (Lipinski definition) is 5. The third-order valence-electron chi connectivity index (χ3n) is 4.87. The van der Waals surface area contributed by atoms with Gasteiger partial charge in [-0.2, -0.15) is 0 Å². The summed E-state index contributed by atoms with van der Waals surface area (Å²) in [4.78, 5) is 9.68. The zero-order chi connectivity index (χ0) is 18.5. The maximum Gasteiger partial charge on any atom is 0.161 e. The van der Waals surface area contributed by atoms with Gasteiger partial charge in [-0.15, -0.1) is 10.2 Å². The Morgan fingerprint density at radius 3 is 2.74 bits per heavy atom. The van der Waals surface area contributed by atoms with E-state index in [1.807, 2.05) is 28.8 Å². The van der Waals surface area contributed by atoms with Crippen molar-refractivity contribution in [2.24, 2.45) is 0 Å². The number of unbranched alkanes of at least 4 members (excludes halogenated alkanes) is 1. The molecule has 2 aromatic heterocycles. The lowest BCUT2D eigenvalue weighted by molar-refractivity contribution is 0.618. The van der Waals surface area contributed by atoms with Gasteiger partial charge in [0.25, 0.3) is 0 Å². The molecule has 1 N–H and O–H groups in total. The average Bonchev–Trinajstić information content (AvgIpc) is 3.21. The van der Waals surface area contributed by atoms with Crippen molar-refractivity contribution in [1.29, 1.82) is 0 Å². The smallest absolute Gasteiger partial charge is 0.161 e. The number of aromatic nitrogens is 5. The Morgan fingerprint density at radius 2 is 1.89 bits per heavy atom. The van der Waals surface area contributed by atoms with E-state index in [1.165, 1.54) is 24.1 Å². The molecule has 0 fully saturated rings. The largest absolute Gasteiger partial charge is 0.370 e. The van der Waals surface area contributed by atoms with Gasteiger partial charge in [0, 0.05) is 34.9 Å². The fourth-order valence-corrected chi connectivity index (χ4v) is 3.65. The average molecular weight is 383 g/mol. The molecule has 1 aromatic carbocycles. The van der Waals surface area contributed by atoms with Crippen molar-refractivity contribution in [2.75, 3.05) is 11.9 Å². The van der Waals surface area contributed by atoms with Crippen LogP contribution >= 0.6 is 11.6 Å². The summed E-state index contributed by atoms with van der Waals surface area (Å²) in [6.07, 6.45) is 10.1. The molecule has 1 aliphatic rings. The minimum Gasteiger partial charge on any atom is -0.370 e. The second-order valence-electron chi connectivity index (χ2n) is 6.87. The zero-order valence-corrected chi connectivity index (χ0v) is 16.0. The first kappa shape index (κ1) is 17.9. The number of fused-ring (bicyclic) bond motifs is 1. The maximum absolute atomic E-state index is 6.16. The predicted octanol–water partition coefficient (Wildman–Crippen LogP) is 4.16. The highest BCUT2D eigenvalue weighted by Gasteiger charge is 2.18. The Hall–Kier alpha value is -2.47. The van der Waals surface area contributed by atoms with Crippen LogP contribution in [0.4, 0.5) is 5.82 Å². The number of rotatable bonds is 7. The highest BCUT2D eigenvalue weighted by atomic mass is 35.5. The van der Waals surface area contributed by atoms with Crippen molar-refractivity contribution in [3.05, 3.63) is 53.2 Å². The molecule has 0 radical (unpaired) electrons. The summed E-state index contributed by atoms with van der Waals surface area (Å²) in [5.74, 6) is 1.74. The third kappa shape index (κ3) is 4.45. The van der Waals surface area contributed by atoms with E-state index in [9.17, 15) is 0 Å². The number of nitrogens with zero attached hydrogens (tertiary/aromatic N) is 5. The first-order valence-corrected chi connectivity index (χ1v) is 9.89. The topological polar surface area (TPSA) is 68.5 Å². The minimum atomic E-state index is 0.706. The van der Waals surface area contributed by atoms with Gasteiger partial charge in [0.05, 0.1) is 0 Å². The molecule has 6 nitrogen and oxygen atoms in total. The zero-order valence-electron chi connectivity index (χ0n) is 15.2. The van der Waals surface area contributed by atoms with Crippen LogP contribution < -0.4 is 5.32 Å². The van der Waals surface area contributed by atoms with Crippen LogP contribution in [0.25, 0.3) is 11.4 Å². The molecule has 1 aliphatic carbocycles. The molecule has 0 aliphatic heterocycles. The Labute approximate surface area is 164 Å². The van der Waals surface area contributed by atoms with Gasteiger partial charge in [-0.3, -0.25) is 0 Å². The standard InChI is InChI=1S/C20H23ClN6/c21-16-7-5-6-15(12-16)19-25-18-9-2-1-8-17(18)20(26-19)22-10-3-4-11-27-13-23-24-14-27/h5-7,12-14H,1-4,8-11H2,(H,22,25,26). The quantitative estimate of drug-likeness (QED) is 0.621. The van der Waals surface area contributed by atoms with E-state index in [0.717, 1.165) is 56.0 Å². The fraction of sp³-hybridized carbons (Fsp3) is 0.400. The van der Waals surface area contributed by atoms with Gasteiger partial charge in [-0.05, 0) is 50.7 Å². The van der Waals surface area contributed by atoms with Crippen molar-refractivity contribution in [3.63, 3.8) is 0 Å². The summed E-state index contributed by atoms with van der Waals surface area (Å²) in [5, 5.41) is 11.9. The molecule has 0 saturated carbocycles. The molecule has 140 valence electrons. The lowest BCUT2D eigenvalue weighted by Gasteiger charge is -2.20. The second-order valence-corrected chi connectivity index (χ2v) is 7.31. The number of nitrogens with one attached hydrogen (secondary N) is 1. The summed E-state index contributed by atoms with van der Waals surface area (Å²) < 4.78 is 2.00. The summed E-state index contributed by atoms with van der Waals surface area (Å²) in [6.45, 7) is 1.82. The van der Waals surface area contributed by atoms with Gasteiger partial charge >= 0.3 is 0 Å².